The van der Waals surface area contributed by atoms with Crippen molar-refractivity contribution >= 4 is 21.9 Å². The standard InChI is InChI=1S/C12H13BrO3/c1-2-15-12(14)10(13)11-9-6-4-3-5-8(9)7-16-11/h3-6,10-11H,2,7H2,1H3. The Morgan fingerprint density at radius 1 is 1.62 bits per heavy atom. The second kappa shape index (κ2) is 4.97. The number of ether oxygens (including phenoxy) is 2. The molecule has 4 heteroatoms. The van der Waals surface area contributed by atoms with Crippen molar-refractivity contribution in [1.82, 2.24) is 0 Å². The lowest BCUT2D eigenvalue weighted by Gasteiger charge is -2.16. The van der Waals surface area contributed by atoms with Gasteiger partial charge in [0, 0.05) is 0 Å². The molecule has 0 saturated carbocycles. The normalized spacial score (nSPS) is 20.2. The number of hydrogen-bond acceptors (Lipinski definition) is 3. The molecule has 3 nitrogen and oxygen atoms in total. The fourth-order valence-electron chi connectivity index (χ4n) is 1.80. The highest BCUT2D eigenvalue weighted by molar-refractivity contribution is 9.10. The molecule has 1 aromatic carbocycles. The van der Waals surface area contributed by atoms with E-state index in [9.17, 15) is 4.79 Å². The van der Waals surface area contributed by atoms with Crippen molar-refractivity contribution in [2.24, 2.45) is 0 Å². The van der Waals surface area contributed by atoms with Crippen LogP contribution < -0.4 is 0 Å². The van der Waals surface area contributed by atoms with Gasteiger partial charge in [0.25, 0.3) is 0 Å². The summed E-state index contributed by atoms with van der Waals surface area (Å²) in [5.74, 6) is -0.274. The molecule has 0 aliphatic carbocycles. The Bertz CT molecular complexity index is 392. The van der Waals surface area contributed by atoms with Crippen LogP contribution in [0, 0.1) is 0 Å². The summed E-state index contributed by atoms with van der Waals surface area (Å²) in [7, 11) is 0. The number of fused-ring (bicyclic) bond motifs is 1. The van der Waals surface area contributed by atoms with Crippen molar-refractivity contribution in [2.75, 3.05) is 6.61 Å². The van der Waals surface area contributed by atoms with Crippen LogP contribution in [0.1, 0.15) is 24.2 Å². The van der Waals surface area contributed by atoms with Crippen LogP contribution in [0.5, 0.6) is 0 Å². The lowest BCUT2D eigenvalue weighted by Crippen LogP contribution is -2.24. The molecule has 0 bridgehead atoms. The van der Waals surface area contributed by atoms with E-state index in [4.69, 9.17) is 9.47 Å². The molecule has 1 aliphatic rings. The predicted molar refractivity (Wildman–Crippen MR) is 63.3 cm³/mol. The number of esters is 1. The fourth-order valence-corrected chi connectivity index (χ4v) is 2.37. The minimum atomic E-state index is -0.434. The summed E-state index contributed by atoms with van der Waals surface area (Å²) in [6.07, 6.45) is -0.241. The maximum atomic E-state index is 11.6. The molecule has 16 heavy (non-hydrogen) atoms. The average molecular weight is 285 g/mol. The first kappa shape index (κ1) is 11.6. The number of rotatable bonds is 3. The Hall–Kier alpha value is -0.870. The third kappa shape index (κ3) is 2.13. The van der Waals surface area contributed by atoms with Crippen molar-refractivity contribution in [3.63, 3.8) is 0 Å². The van der Waals surface area contributed by atoms with Gasteiger partial charge in [-0.15, -0.1) is 0 Å². The number of carbonyl (C=O) groups is 1. The molecule has 1 aromatic rings. The third-order valence-electron chi connectivity index (χ3n) is 2.56. The minimum Gasteiger partial charge on any atom is -0.465 e. The van der Waals surface area contributed by atoms with E-state index in [1.807, 2.05) is 24.3 Å². The van der Waals surface area contributed by atoms with Gasteiger partial charge < -0.3 is 9.47 Å². The Balaban J connectivity index is 2.15. The van der Waals surface area contributed by atoms with E-state index in [1.54, 1.807) is 6.92 Å². The van der Waals surface area contributed by atoms with Gasteiger partial charge in [-0.3, -0.25) is 4.79 Å². The number of hydrogen-bond donors (Lipinski definition) is 0. The van der Waals surface area contributed by atoms with Crippen molar-refractivity contribution < 1.29 is 14.3 Å². The Morgan fingerprint density at radius 2 is 2.38 bits per heavy atom. The van der Waals surface area contributed by atoms with Gasteiger partial charge in [-0.25, -0.2) is 0 Å². The molecule has 1 heterocycles. The van der Waals surface area contributed by atoms with Gasteiger partial charge in [0.15, 0.2) is 0 Å². The van der Waals surface area contributed by atoms with E-state index in [0.29, 0.717) is 13.2 Å². The summed E-state index contributed by atoms with van der Waals surface area (Å²) in [6.45, 7) is 2.73. The number of halogens is 1. The zero-order valence-electron chi connectivity index (χ0n) is 8.98. The SMILES string of the molecule is CCOC(=O)C(Br)C1OCc2ccccc21. The van der Waals surface area contributed by atoms with Crippen LogP contribution in [0.15, 0.2) is 24.3 Å². The van der Waals surface area contributed by atoms with E-state index in [2.05, 4.69) is 15.9 Å². The molecular weight excluding hydrogens is 272 g/mol. The summed E-state index contributed by atoms with van der Waals surface area (Å²) in [6, 6.07) is 7.92. The summed E-state index contributed by atoms with van der Waals surface area (Å²) >= 11 is 3.34. The van der Waals surface area contributed by atoms with E-state index >= 15 is 0 Å². The summed E-state index contributed by atoms with van der Waals surface area (Å²) < 4.78 is 10.6. The van der Waals surface area contributed by atoms with Gasteiger partial charge >= 0.3 is 5.97 Å². The molecule has 0 spiro atoms. The van der Waals surface area contributed by atoms with E-state index in [-0.39, 0.29) is 12.1 Å². The molecule has 2 unspecified atom stereocenters. The maximum absolute atomic E-state index is 11.6. The topological polar surface area (TPSA) is 35.5 Å². The quantitative estimate of drug-likeness (QED) is 0.632. The van der Waals surface area contributed by atoms with Crippen LogP contribution in [0.2, 0.25) is 0 Å². The van der Waals surface area contributed by atoms with Crippen LogP contribution in [-0.2, 0) is 20.9 Å². The highest BCUT2D eigenvalue weighted by Gasteiger charge is 2.34. The molecule has 0 N–H and O–H groups in total. The van der Waals surface area contributed by atoms with E-state index in [1.165, 1.54) is 0 Å². The molecule has 2 rings (SSSR count). The first-order chi connectivity index (χ1) is 7.74. The maximum Gasteiger partial charge on any atom is 0.322 e. The fraction of sp³-hybridized carbons (Fsp3) is 0.417. The average Bonchev–Trinajstić information content (AvgIpc) is 2.72. The van der Waals surface area contributed by atoms with Gasteiger partial charge in [-0.2, -0.15) is 0 Å². The first-order valence-electron chi connectivity index (χ1n) is 5.24. The molecule has 0 fully saturated rings. The molecule has 0 aromatic heterocycles. The van der Waals surface area contributed by atoms with Crippen molar-refractivity contribution in [3.05, 3.63) is 35.4 Å². The summed E-state index contributed by atoms with van der Waals surface area (Å²) in [5.41, 5.74) is 2.21. The molecule has 0 amide bonds. The number of alkyl halides is 1. The zero-order chi connectivity index (χ0) is 11.5. The third-order valence-corrected chi connectivity index (χ3v) is 3.41. The van der Waals surface area contributed by atoms with Crippen molar-refractivity contribution in [2.45, 2.75) is 24.5 Å². The molecule has 0 saturated heterocycles. The van der Waals surface area contributed by atoms with Gasteiger partial charge in [0.2, 0.25) is 0 Å². The molecule has 2 atom stereocenters. The highest BCUT2D eigenvalue weighted by Crippen LogP contribution is 2.36. The van der Waals surface area contributed by atoms with Gasteiger partial charge in [-0.05, 0) is 18.1 Å². The first-order valence-corrected chi connectivity index (χ1v) is 6.15. The van der Waals surface area contributed by atoms with E-state index in [0.717, 1.165) is 11.1 Å². The highest BCUT2D eigenvalue weighted by atomic mass is 79.9. The largest absolute Gasteiger partial charge is 0.465 e. The van der Waals surface area contributed by atoms with Gasteiger partial charge in [0.05, 0.1) is 13.2 Å². The molecule has 1 aliphatic heterocycles. The van der Waals surface area contributed by atoms with Crippen LogP contribution in [0.3, 0.4) is 0 Å². The lowest BCUT2D eigenvalue weighted by molar-refractivity contribution is -0.145. The minimum absolute atomic E-state index is 0.241. The molecular formula is C12H13BrO3. The van der Waals surface area contributed by atoms with Crippen LogP contribution >= 0.6 is 15.9 Å². The van der Waals surface area contributed by atoms with Crippen LogP contribution in [0.25, 0.3) is 0 Å². The monoisotopic (exact) mass is 284 g/mol. The van der Waals surface area contributed by atoms with Crippen molar-refractivity contribution in [3.8, 4) is 0 Å². The Kier molecular flexibility index (Phi) is 3.61. The molecule has 0 radical (unpaired) electrons. The van der Waals surface area contributed by atoms with Crippen LogP contribution in [0.4, 0.5) is 0 Å². The van der Waals surface area contributed by atoms with Gasteiger partial charge in [0.1, 0.15) is 10.9 Å². The van der Waals surface area contributed by atoms with Gasteiger partial charge in [-0.1, -0.05) is 40.2 Å². The Labute approximate surface area is 103 Å². The summed E-state index contributed by atoms with van der Waals surface area (Å²) in [5, 5.41) is 0. The molecule has 86 valence electrons. The Morgan fingerprint density at radius 3 is 3.12 bits per heavy atom. The zero-order valence-corrected chi connectivity index (χ0v) is 10.6. The summed E-state index contributed by atoms with van der Waals surface area (Å²) in [4.78, 5) is 11.2. The lowest BCUT2D eigenvalue weighted by atomic mass is 10.0. The number of benzene rings is 1. The second-order valence-electron chi connectivity index (χ2n) is 3.58. The smallest absolute Gasteiger partial charge is 0.322 e. The predicted octanol–water partition coefficient (Wildman–Crippen LogP) is 2.58. The second-order valence-corrected chi connectivity index (χ2v) is 4.57. The van der Waals surface area contributed by atoms with Crippen molar-refractivity contribution in [1.29, 1.82) is 0 Å². The number of carbonyl (C=O) groups excluding carboxylic acids is 1. The van der Waals surface area contributed by atoms with Crippen LogP contribution in [-0.4, -0.2) is 17.4 Å². The van der Waals surface area contributed by atoms with E-state index < -0.39 is 4.83 Å².